The Kier molecular flexibility index (Phi) is 8.18. The molecule has 0 spiro atoms. The van der Waals surface area contributed by atoms with E-state index in [4.69, 9.17) is 22.1 Å². The van der Waals surface area contributed by atoms with Crippen LogP contribution in [0.5, 0.6) is 0 Å². The SMILES string of the molecule is Cc1cc(C(=O)N2CCC(OCCCN)CC2)ccc1Cl.Cl. The highest BCUT2D eigenvalue weighted by atomic mass is 35.5. The molecule has 124 valence electrons. The second-order valence-electron chi connectivity index (χ2n) is 5.47. The predicted molar refractivity (Wildman–Crippen MR) is 92.0 cm³/mol. The van der Waals surface area contributed by atoms with Crippen LogP contribution in [0.4, 0.5) is 0 Å². The summed E-state index contributed by atoms with van der Waals surface area (Å²) in [6, 6.07) is 5.43. The normalized spacial score (nSPS) is 15.5. The molecule has 22 heavy (non-hydrogen) atoms. The zero-order valence-electron chi connectivity index (χ0n) is 12.9. The molecule has 2 rings (SSSR count). The van der Waals surface area contributed by atoms with Gasteiger partial charge in [0.2, 0.25) is 0 Å². The van der Waals surface area contributed by atoms with E-state index in [9.17, 15) is 4.79 Å². The number of amides is 1. The van der Waals surface area contributed by atoms with Gasteiger partial charge in [-0.3, -0.25) is 4.79 Å². The smallest absolute Gasteiger partial charge is 0.253 e. The summed E-state index contributed by atoms with van der Waals surface area (Å²) < 4.78 is 5.76. The summed E-state index contributed by atoms with van der Waals surface area (Å²) in [5.41, 5.74) is 7.09. The minimum atomic E-state index is 0. The lowest BCUT2D eigenvalue weighted by Crippen LogP contribution is -2.41. The van der Waals surface area contributed by atoms with Crippen LogP contribution < -0.4 is 5.73 Å². The molecular weight excluding hydrogens is 323 g/mol. The van der Waals surface area contributed by atoms with Crippen molar-refractivity contribution in [2.24, 2.45) is 5.73 Å². The first-order valence-electron chi connectivity index (χ1n) is 7.49. The maximum atomic E-state index is 12.5. The largest absolute Gasteiger partial charge is 0.378 e. The van der Waals surface area contributed by atoms with Crippen LogP contribution >= 0.6 is 24.0 Å². The van der Waals surface area contributed by atoms with E-state index in [-0.39, 0.29) is 24.4 Å². The second-order valence-corrected chi connectivity index (χ2v) is 5.88. The number of hydrogen-bond donors (Lipinski definition) is 1. The Morgan fingerprint density at radius 1 is 1.41 bits per heavy atom. The molecule has 6 heteroatoms. The summed E-state index contributed by atoms with van der Waals surface area (Å²) in [6.07, 6.45) is 2.93. The number of nitrogens with zero attached hydrogens (tertiary/aromatic N) is 1. The average Bonchev–Trinajstić information content (AvgIpc) is 2.50. The number of nitrogens with two attached hydrogens (primary N) is 1. The molecule has 4 nitrogen and oxygen atoms in total. The van der Waals surface area contributed by atoms with E-state index >= 15 is 0 Å². The number of carbonyl (C=O) groups excluding carboxylic acids is 1. The maximum absolute atomic E-state index is 12.5. The van der Waals surface area contributed by atoms with Gasteiger partial charge in [0, 0.05) is 30.3 Å². The Labute approximate surface area is 143 Å². The Balaban J connectivity index is 0.00000242. The summed E-state index contributed by atoms with van der Waals surface area (Å²) in [5.74, 6) is 0.0789. The Morgan fingerprint density at radius 2 is 2.09 bits per heavy atom. The minimum absolute atomic E-state index is 0. The lowest BCUT2D eigenvalue weighted by molar-refractivity contribution is 0.00844. The molecule has 0 saturated carbocycles. The van der Waals surface area contributed by atoms with E-state index in [0.717, 1.165) is 37.9 Å². The van der Waals surface area contributed by atoms with Crippen LogP contribution in [0.15, 0.2) is 18.2 Å². The molecule has 0 bridgehead atoms. The van der Waals surface area contributed by atoms with Gasteiger partial charge in [-0.15, -0.1) is 12.4 Å². The first-order chi connectivity index (χ1) is 10.1. The fourth-order valence-electron chi connectivity index (χ4n) is 2.52. The molecule has 1 aromatic rings. The highest BCUT2D eigenvalue weighted by Gasteiger charge is 2.24. The molecule has 1 aromatic carbocycles. The molecule has 1 fully saturated rings. The number of piperidine rings is 1. The molecule has 2 N–H and O–H groups in total. The van der Waals surface area contributed by atoms with E-state index in [2.05, 4.69) is 0 Å². The zero-order chi connectivity index (χ0) is 15.2. The molecule has 0 aromatic heterocycles. The van der Waals surface area contributed by atoms with E-state index in [1.54, 1.807) is 12.1 Å². The van der Waals surface area contributed by atoms with Crippen LogP contribution in [-0.2, 0) is 4.74 Å². The Morgan fingerprint density at radius 3 is 2.68 bits per heavy atom. The quantitative estimate of drug-likeness (QED) is 0.833. The van der Waals surface area contributed by atoms with E-state index in [1.807, 2.05) is 17.9 Å². The van der Waals surface area contributed by atoms with Gasteiger partial charge >= 0.3 is 0 Å². The van der Waals surface area contributed by atoms with Gasteiger partial charge in [0.15, 0.2) is 0 Å². The van der Waals surface area contributed by atoms with Crippen molar-refractivity contribution in [2.45, 2.75) is 32.3 Å². The summed E-state index contributed by atoms with van der Waals surface area (Å²) in [7, 11) is 0. The van der Waals surface area contributed by atoms with Crippen molar-refractivity contribution < 1.29 is 9.53 Å². The Bertz CT molecular complexity index is 489. The topological polar surface area (TPSA) is 55.6 Å². The maximum Gasteiger partial charge on any atom is 0.253 e. The van der Waals surface area contributed by atoms with Crippen LogP contribution in [0.25, 0.3) is 0 Å². The van der Waals surface area contributed by atoms with Crippen molar-refractivity contribution in [1.82, 2.24) is 4.90 Å². The van der Waals surface area contributed by atoms with Crippen molar-refractivity contribution in [3.63, 3.8) is 0 Å². The zero-order valence-corrected chi connectivity index (χ0v) is 14.5. The molecule has 1 aliphatic heterocycles. The van der Waals surface area contributed by atoms with Gasteiger partial charge in [0.1, 0.15) is 0 Å². The predicted octanol–water partition coefficient (Wildman–Crippen LogP) is 3.04. The fraction of sp³-hybridized carbons (Fsp3) is 0.562. The fourth-order valence-corrected chi connectivity index (χ4v) is 2.64. The van der Waals surface area contributed by atoms with Crippen LogP contribution in [0.3, 0.4) is 0 Å². The van der Waals surface area contributed by atoms with Gasteiger partial charge in [-0.1, -0.05) is 11.6 Å². The van der Waals surface area contributed by atoms with Gasteiger partial charge in [0.25, 0.3) is 5.91 Å². The van der Waals surface area contributed by atoms with E-state index < -0.39 is 0 Å². The highest BCUT2D eigenvalue weighted by molar-refractivity contribution is 6.31. The minimum Gasteiger partial charge on any atom is -0.378 e. The Hall–Kier alpha value is -0.810. The third kappa shape index (κ3) is 5.13. The number of likely N-dealkylation sites (tertiary alicyclic amines) is 1. The van der Waals surface area contributed by atoms with Crippen molar-refractivity contribution in [2.75, 3.05) is 26.2 Å². The van der Waals surface area contributed by atoms with Crippen LogP contribution in [-0.4, -0.2) is 43.2 Å². The monoisotopic (exact) mass is 346 g/mol. The van der Waals surface area contributed by atoms with Crippen LogP contribution in [0.1, 0.15) is 35.2 Å². The highest BCUT2D eigenvalue weighted by Crippen LogP contribution is 2.20. The van der Waals surface area contributed by atoms with Gasteiger partial charge in [-0.05, 0) is 56.5 Å². The van der Waals surface area contributed by atoms with Crippen molar-refractivity contribution in [3.05, 3.63) is 34.3 Å². The molecule has 0 aliphatic carbocycles. The third-order valence-corrected chi connectivity index (χ3v) is 4.26. The van der Waals surface area contributed by atoms with Gasteiger partial charge in [-0.25, -0.2) is 0 Å². The number of benzene rings is 1. The average molecular weight is 347 g/mol. The molecule has 1 saturated heterocycles. The van der Waals surface area contributed by atoms with E-state index in [1.165, 1.54) is 0 Å². The van der Waals surface area contributed by atoms with Crippen LogP contribution in [0.2, 0.25) is 5.02 Å². The number of ether oxygens (including phenoxy) is 1. The number of aryl methyl sites for hydroxylation is 1. The second kappa shape index (κ2) is 9.36. The summed E-state index contributed by atoms with van der Waals surface area (Å²) >= 11 is 6.00. The van der Waals surface area contributed by atoms with Crippen molar-refractivity contribution in [3.8, 4) is 0 Å². The molecule has 1 aliphatic rings. The summed E-state index contributed by atoms with van der Waals surface area (Å²) in [6.45, 7) is 4.77. The summed E-state index contributed by atoms with van der Waals surface area (Å²) in [5, 5.41) is 0.693. The third-order valence-electron chi connectivity index (χ3n) is 3.84. The molecular formula is C16H24Cl2N2O2. The molecule has 1 amide bonds. The molecule has 0 radical (unpaired) electrons. The number of carbonyl (C=O) groups is 1. The number of halogens is 2. The summed E-state index contributed by atoms with van der Waals surface area (Å²) in [4.78, 5) is 14.4. The van der Waals surface area contributed by atoms with Gasteiger partial charge < -0.3 is 15.4 Å². The van der Waals surface area contributed by atoms with E-state index in [0.29, 0.717) is 23.7 Å². The first kappa shape index (κ1) is 19.2. The lowest BCUT2D eigenvalue weighted by atomic mass is 10.1. The molecule has 0 unspecified atom stereocenters. The van der Waals surface area contributed by atoms with Crippen molar-refractivity contribution in [1.29, 1.82) is 0 Å². The van der Waals surface area contributed by atoms with Gasteiger partial charge in [-0.2, -0.15) is 0 Å². The number of rotatable bonds is 5. The number of hydrogen-bond acceptors (Lipinski definition) is 3. The molecule has 0 atom stereocenters. The lowest BCUT2D eigenvalue weighted by Gasteiger charge is -2.32. The van der Waals surface area contributed by atoms with Gasteiger partial charge in [0.05, 0.1) is 6.10 Å². The van der Waals surface area contributed by atoms with Crippen LogP contribution in [0, 0.1) is 6.92 Å². The molecule has 1 heterocycles. The van der Waals surface area contributed by atoms with Crippen molar-refractivity contribution >= 4 is 29.9 Å². The standard InChI is InChI=1S/C16H23ClN2O2.ClH/c1-12-11-13(3-4-15(12)17)16(20)19-8-5-14(6-9-19)21-10-2-7-18;/h3-4,11,14H,2,5-10,18H2,1H3;1H. The first-order valence-corrected chi connectivity index (χ1v) is 7.86.